The minimum Gasteiger partial charge on any atom is -0.453 e. The van der Waals surface area contributed by atoms with Crippen LogP contribution in [0.3, 0.4) is 0 Å². The Kier molecular flexibility index (Phi) is 4.79. The molecule has 0 aromatic carbocycles. The second kappa shape index (κ2) is 7.64. The van der Waals surface area contributed by atoms with Crippen molar-refractivity contribution in [2.75, 3.05) is 40.0 Å². The highest BCUT2D eigenvalue weighted by Gasteiger charge is 2.63. The fraction of sp³-hybridized carbons (Fsp3) is 0.417. The van der Waals surface area contributed by atoms with E-state index in [4.69, 9.17) is 14.2 Å². The lowest BCUT2D eigenvalue weighted by Gasteiger charge is -2.32. The molecule has 0 radical (unpaired) electrons. The molecule has 1 atom stereocenters. The molecule has 4 aliphatic heterocycles. The van der Waals surface area contributed by atoms with Crippen molar-refractivity contribution in [3.05, 3.63) is 64.9 Å². The van der Waals surface area contributed by atoms with Crippen LogP contribution in [0.1, 0.15) is 17.0 Å². The molecule has 3 fully saturated rings. The summed E-state index contributed by atoms with van der Waals surface area (Å²) in [6, 6.07) is 3.78. The molecule has 6 heterocycles. The van der Waals surface area contributed by atoms with E-state index in [0.717, 1.165) is 5.56 Å². The van der Waals surface area contributed by atoms with Crippen LogP contribution in [-0.2, 0) is 20.6 Å². The van der Waals surface area contributed by atoms with E-state index in [1.54, 1.807) is 9.80 Å². The molecular weight excluding hydrogens is 446 g/mol. The van der Waals surface area contributed by atoms with Gasteiger partial charge < -0.3 is 28.4 Å². The van der Waals surface area contributed by atoms with Crippen LogP contribution in [0, 0.1) is 6.92 Å². The van der Waals surface area contributed by atoms with Crippen LogP contribution in [0.5, 0.6) is 0 Å². The van der Waals surface area contributed by atoms with E-state index in [2.05, 4.69) is 4.98 Å². The number of aromatic nitrogens is 2. The number of methoxy groups -OCH3 is 1. The summed E-state index contributed by atoms with van der Waals surface area (Å²) in [5, 5.41) is 0. The molecule has 0 N–H and O–H groups in total. The topological polar surface area (TPSA) is 68.3 Å². The molecule has 34 heavy (non-hydrogen) atoms. The maximum atomic E-state index is 15.5. The molecule has 3 saturated heterocycles. The number of hydrogen-bond acceptors (Lipinski definition) is 6. The molecule has 4 aliphatic rings. The Balaban J connectivity index is 1.42. The third kappa shape index (κ3) is 3.16. The van der Waals surface area contributed by atoms with E-state index in [1.165, 1.54) is 19.4 Å². The summed E-state index contributed by atoms with van der Waals surface area (Å²) in [6.07, 6.45) is 4.08. The van der Waals surface area contributed by atoms with Gasteiger partial charge >= 0.3 is 6.09 Å². The zero-order valence-electron chi connectivity index (χ0n) is 18.9. The van der Waals surface area contributed by atoms with Crippen molar-refractivity contribution in [2.24, 2.45) is 0 Å². The second-order valence-electron chi connectivity index (χ2n) is 9.08. The standard InChI is InChI=1S/C24H24F2N4O4/c1-14-3-4-29-18(8-15-10-28(5-6-34-15)23(31)32-2)22(27-20(29)7-14)21-16(25)9-19-24(12-33-13-24)30(19)11-17(21)26/h3-4,7,9,11,15H,5-6,8,10,12-13H2,1-2H3. The van der Waals surface area contributed by atoms with Crippen molar-refractivity contribution in [1.82, 2.24) is 19.2 Å². The van der Waals surface area contributed by atoms with E-state index in [1.807, 2.05) is 29.7 Å². The maximum Gasteiger partial charge on any atom is 0.409 e. The van der Waals surface area contributed by atoms with Crippen LogP contribution in [0.25, 0.3) is 11.2 Å². The summed E-state index contributed by atoms with van der Waals surface area (Å²) in [5.74, 6) is -1.35. The maximum absolute atomic E-state index is 15.5. The molecule has 2 aromatic heterocycles. The van der Waals surface area contributed by atoms with E-state index < -0.39 is 23.3 Å². The van der Waals surface area contributed by atoms with Crippen LogP contribution < -0.4 is 0 Å². The highest BCUT2D eigenvalue weighted by atomic mass is 19.1. The smallest absolute Gasteiger partial charge is 0.409 e. The van der Waals surface area contributed by atoms with Crippen LogP contribution in [0.4, 0.5) is 13.6 Å². The number of ether oxygens (including phenoxy) is 3. The third-order valence-corrected chi connectivity index (χ3v) is 6.92. The molecule has 0 aliphatic carbocycles. The number of hydrogen-bond donors (Lipinski definition) is 0. The van der Waals surface area contributed by atoms with Crippen LogP contribution in [-0.4, -0.2) is 76.9 Å². The lowest BCUT2D eigenvalue weighted by Crippen LogP contribution is -2.46. The molecule has 2 aromatic rings. The van der Waals surface area contributed by atoms with Gasteiger partial charge in [0.2, 0.25) is 0 Å². The summed E-state index contributed by atoms with van der Waals surface area (Å²) < 4.78 is 48.8. The van der Waals surface area contributed by atoms with Crippen LogP contribution >= 0.6 is 0 Å². The van der Waals surface area contributed by atoms with Gasteiger partial charge in [-0.25, -0.2) is 18.6 Å². The zero-order valence-corrected chi connectivity index (χ0v) is 18.9. The average Bonchev–Trinajstić information content (AvgIpc) is 3.33. The first-order valence-electron chi connectivity index (χ1n) is 11.2. The highest BCUT2D eigenvalue weighted by Crippen LogP contribution is 2.54. The van der Waals surface area contributed by atoms with E-state index in [0.29, 0.717) is 56.4 Å². The number of halogens is 2. The van der Waals surface area contributed by atoms with Crippen molar-refractivity contribution in [3.63, 3.8) is 0 Å². The molecular formula is C24H24F2N4O4. The van der Waals surface area contributed by atoms with Gasteiger partial charge in [-0.2, -0.15) is 0 Å². The van der Waals surface area contributed by atoms with Gasteiger partial charge in [-0.3, -0.25) is 0 Å². The predicted octanol–water partition coefficient (Wildman–Crippen LogP) is 3.13. The minimum absolute atomic E-state index is 0.174. The Morgan fingerprint density at radius 1 is 1.35 bits per heavy atom. The monoisotopic (exact) mass is 470 g/mol. The quantitative estimate of drug-likeness (QED) is 0.643. The average molecular weight is 470 g/mol. The van der Waals surface area contributed by atoms with Crippen molar-refractivity contribution in [1.29, 1.82) is 0 Å². The SMILES string of the molecule is COC(=O)N1CCOC(Cc2c(C3=C(F)C=C4N(C=C3F)C43COC3)nc3cc(C)ccn23)C1. The summed E-state index contributed by atoms with van der Waals surface area (Å²) >= 11 is 0. The number of nitrogens with zero attached hydrogens (tertiary/aromatic N) is 4. The molecule has 10 heteroatoms. The fourth-order valence-corrected chi connectivity index (χ4v) is 5.00. The number of imidazole rings is 1. The van der Waals surface area contributed by atoms with Crippen molar-refractivity contribution >= 4 is 17.3 Å². The number of allylic oxidation sites excluding steroid dienone is 4. The number of morpholine rings is 1. The number of fused-ring (bicyclic) bond motifs is 4. The van der Waals surface area contributed by atoms with E-state index in [-0.39, 0.29) is 17.4 Å². The first-order valence-corrected chi connectivity index (χ1v) is 11.2. The first-order chi connectivity index (χ1) is 16.4. The number of rotatable bonds is 3. The van der Waals surface area contributed by atoms with Crippen LogP contribution in [0.15, 0.2) is 48.0 Å². The normalized spacial score (nSPS) is 23.4. The van der Waals surface area contributed by atoms with Gasteiger partial charge in [-0.05, 0) is 30.7 Å². The molecule has 178 valence electrons. The Morgan fingerprint density at radius 3 is 2.91 bits per heavy atom. The summed E-state index contributed by atoms with van der Waals surface area (Å²) in [7, 11) is 1.34. The number of aryl methyl sites for hydroxylation is 1. The van der Waals surface area contributed by atoms with Crippen LogP contribution in [0.2, 0.25) is 0 Å². The van der Waals surface area contributed by atoms with Gasteiger partial charge in [-0.15, -0.1) is 0 Å². The summed E-state index contributed by atoms with van der Waals surface area (Å²) in [6.45, 7) is 3.88. The second-order valence-corrected chi connectivity index (χ2v) is 9.08. The molecule has 0 bridgehead atoms. The van der Waals surface area contributed by atoms with Gasteiger partial charge in [-0.1, -0.05) is 0 Å². The van der Waals surface area contributed by atoms with Gasteiger partial charge in [0.1, 0.15) is 17.0 Å². The number of pyridine rings is 1. The molecule has 0 saturated carbocycles. The fourth-order valence-electron chi connectivity index (χ4n) is 5.00. The van der Waals surface area contributed by atoms with Crippen molar-refractivity contribution in [3.8, 4) is 0 Å². The molecule has 1 amide bonds. The summed E-state index contributed by atoms with van der Waals surface area (Å²) in [4.78, 5) is 20.0. The third-order valence-electron chi connectivity index (χ3n) is 6.92. The molecule has 8 nitrogen and oxygen atoms in total. The molecule has 1 unspecified atom stereocenters. The minimum atomic E-state index is -0.686. The largest absolute Gasteiger partial charge is 0.453 e. The van der Waals surface area contributed by atoms with Crippen molar-refractivity contribution in [2.45, 2.75) is 25.0 Å². The first kappa shape index (κ1) is 21.3. The van der Waals surface area contributed by atoms with E-state index in [9.17, 15) is 4.79 Å². The Hall–Kier alpha value is -3.24. The number of carbonyl (C=O) groups is 1. The molecule has 1 spiro atoms. The van der Waals surface area contributed by atoms with Gasteiger partial charge in [0.25, 0.3) is 0 Å². The predicted molar refractivity (Wildman–Crippen MR) is 118 cm³/mol. The number of amides is 1. The van der Waals surface area contributed by atoms with Crippen molar-refractivity contribution < 1.29 is 27.8 Å². The van der Waals surface area contributed by atoms with Gasteiger partial charge in [0, 0.05) is 25.4 Å². The lowest BCUT2D eigenvalue weighted by molar-refractivity contribution is -0.0242. The summed E-state index contributed by atoms with van der Waals surface area (Å²) in [5.41, 5.74) is 2.56. The Bertz CT molecular complexity index is 1290. The molecule has 6 rings (SSSR count). The van der Waals surface area contributed by atoms with Gasteiger partial charge in [0.15, 0.2) is 5.83 Å². The lowest BCUT2D eigenvalue weighted by atomic mass is 10.0. The Morgan fingerprint density at radius 2 is 2.18 bits per heavy atom. The van der Waals surface area contributed by atoms with Gasteiger partial charge in [0.05, 0.1) is 62.2 Å². The highest BCUT2D eigenvalue weighted by molar-refractivity contribution is 5.82. The van der Waals surface area contributed by atoms with E-state index >= 15 is 8.78 Å². The number of carbonyl (C=O) groups excluding carboxylic acids is 1. The zero-order chi connectivity index (χ0) is 23.6. The Labute approximate surface area is 194 Å².